The third kappa shape index (κ3) is 3.39. The summed E-state index contributed by atoms with van der Waals surface area (Å²) in [6, 6.07) is 36.8. The summed E-state index contributed by atoms with van der Waals surface area (Å²) in [6.07, 6.45) is 0. The van der Waals surface area contributed by atoms with Crippen LogP contribution in [-0.4, -0.2) is 9.55 Å². The molecule has 0 radical (unpaired) electrons. The maximum absolute atomic E-state index is 5.21. The molecule has 6 aromatic rings. The molecule has 0 atom stereocenters. The minimum absolute atomic E-state index is 0.971. The number of nitrogens with zero attached hydrogens (tertiary/aromatic N) is 2. The second-order valence-electron chi connectivity index (χ2n) is 9.15. The van der Waals surface area contributed by atoms with Crippen molar-refractivity contribution >= 4 is 21.8 Å². The fourth-order valence-corrected chi connectivity index (χ4v) is 5.18. The molecule has 0 saturated heterocycles. The fraction of sp³-hybridized carbons (Fsp3) is 0.0938. The molecule has 0 fully saturated rings. The number of rotatable bonds is 3. The number of benzene rings is 5. The van der Waals surface area contributed by atoms with Crippen LogP contribution in [0.5, 0.6) is 0 Å². The fourth-order valence-electron chi connectivity index (χ4n) is 5.18. The Kier molecular flexibility index (Phi) is 4.81. The van der Waals surface area contributed by atoms with Gasteiger partial charge in [0.2, 0.25) is 0 Å². The number of imidazole rings is 1. The van der Waals surface area contributed by atoms with Crippen LogP contribution >= 0.6 is 0 Å². The molecule has 0 amide bonds. The first-order valence-corrected chi connectivity index (χ1v) is 11.7. The Hall–Kier alpha value is -4.17. The minimum Gasteiger partial charge on any atom is -0.292 e. The number of aryl methyl sites for hydroxylation is 3. The predicted molar refractivity (Wildman–Crippen MR) is 144 cm³/mol. The van der Waals surface area contributed by atoms with Gasteiger partial charge in [-0.25, -0.2) is 4.98 Å². The van der Waals surface area contributed by atoms with Gasteiger partial charge in [-0.1, -0.05) is 90.5 Å². The highest BCUT2D eigenvalue weighted by atomic mass is 15.1. The zero-order chi connectivity index (χ0) is 23.2. The van der Waals surface area contributed by atoms with Crippen molar-refractivity contribution in [3.63, 3.8) is 0 Å². The molecule has 2 nitrogen and oxygen atoms in total. The van der Waals surface area contributed by atoms with Crippen LogP contribution in [0.1, 0.15) is 16.7 Å². The van der Waals surface area contributed by atoms with Gasteiger partial charge >= 0.3 is 0 Å². The van der Waals surface area contributed by atoms with Gasteiger partial charge in [0.15, 0.2) is 0 Å². The molecule has 0 unspecified atom stereocenters. The first-order chi connectivity index (χ1) is 16.6. The van der Waals surface area contributed by atoms with Crippen molar-refractivity contribution < 1.29 is 0 Å². The van der Waals surface area contributed by atoms with Gasteiger partial charge in [0.05, 0.1) is 16.7 Å². The van der Waals surface area contributed by atoms with Gasteiger partial charge in [0.25, 0.3) is 0 Å². The van der Waals surface area contributed by atoms with Gasteiger partial charge in [0, 0.05) is 5.56 Å². The van der Waals surface area contributed by atoms with E-state index in [0.717, 1.165) is 22.4 Å². The first-order valence-electron chi connectivity index (χ1n) is 11.7. The molecular formula is C32H26N2. The summed E-state index contributed by atoms with van der Waals surface area (Å²) in [6.45, 7) is 6.56. The molecule has 0 aliphatic heterocycles. The Balaban J connectivity index is 1.68. The second-order valence-corrected chi connectivity index (χ2v) is 9.15. The van der Waals surface area contributed by atoms with Crippen LogP contribution in [0.25, 0.3) is 50.0 Å². The number of fused-ring (bicyclic) bond motifs is 2. The van der Waals surface area contributed by atoms with Gasteiger partial charge in [-0.2, -0.15) is 0 Å². The van der Waals surface area contributed by atoms with Crippen molar-refractivity contribution in [2.45, 2.75) is 20.8 Å². The smallest absolute Gasteiger partial charge is 0.145 e. The Bertz CT molecular complexity index is 1650. The quantitative estimate of drug-likeness (QED) is 0.271. The van der Waals surface area contributed by atoms with E-state index in [1.54, 1.807) is 0 Å². The average Bonchev–Trinajstić information content (AvgIpc) is 3.20. The summed E-state index contributed by atoms with van der Waals surface area (Å²) in [4.78, 5) is 5.21. The van der Waals surface area contributed by atoms with E-state index >= 15 is 0 Å². The van der Waals surface area contributed by atoms with Crippen LogP contribution < -0.4 is 0 Å². The molecule has 0 bridgehead atoms. The summed E-state index contributed by atoms with van der Waals surface area (Å²) in [5.74, 6) is 0.971. The van der Waals surface area contributed by atoms with E-state index in [4.69, 9.17) is 4.98 Å². The number of hydrogen-bond acceptors (Lipinski definition) is 1. The number of aromatic nitrogens is 2. The van der Waals surface area contributed by atoms with Crippen molar-refractivity contribution in [1.82, 2.24) is 9.55 Å². The Morgan fingerprint density at radius 1 is 0.559 bits per heavy atom. The van der Waals surface area contributed by atoms with E-state index in [1.807, 2.05) is 0 Å². The average molecular weight is 439 g/mol. The largest absolute Gasteiger partial charge is 0.292 e. The van der Waals surface area contributed by atoms with Crippen molar-refractivity contribution in [3.05, 3.63) is 120 Å². The van der Waals surface area contributed by atoms with Crippen LogP contribution in [0.15, 0.2) is 103 Å². The zero-order valence-electron chi connectivity index (χ0n) is 19.7. The minimum atomic E-state index is 0.971. The highest BCUT2D eigenvalue weighted by molar-refractivity contribution is 5.97. The van der Waals surface area contributed by atoms with Gasteiger partial charge in [-0.3, -0.25) is 4.57 Å². The molecule has 0 aliphatic rings. The molecule has 2 heteroatoms. The van der Waals surface area contributed by atoms with Crippen LogP contribution in [-0.2, 0) is 0 Å². The van der Waals surface area contributed by atoms with Crippen LogP contribution in [0, 0.1) is 20.8 Å². The molecule has 1 aromatic heterocycles. The van der Waals surface area contributed by atoms with Crippen LogP contribution in [0.4, 0.5) is 0 Å². The molecular weight excluding hydrogens is 412 g/mol. The van der Waals surface area contributed by atoms with E-state index in [0.29, 0.717) is 0 Å². The summed E-state index contributed by atoms with van der Waals surface area (Å²) >= 11 is 0. The van der Waals surface area contributed by atoms with Gasteiger partial charge < -0.3 is 0 Å². The highest BCUT2D eigenvalue weighted by Crippen LogP contribution is 2.35. The summed E-state index contributed by atoms with van der Waals surface area (Å²) in [7, 11) is 0. The van der Waals surface area contributed by atoms with E-state index < -0.39 is 0 Å². The molecule has 0 N–H and O–H groups in total. The lowest BCUT2D eigenvalue weighted by atomic mass is 10.0. The third-order valence-electron chi connectivity index (χ3n) is 6.61. The molecule has 34 heavy (non-hydrogen) atoms. The normalized spacial score (nSPS) is 11.4. The Morgan fingerprint density at radius 3 is 1.91 bits per heavy atom. The van der Waals surface area contributed by atoms with Gasteiger partial charge in [-0.05, 0) is 72.0 Å². The lowest BCUT2D eigenvalue weighted by molar-refractivity contribution is 1.06. The molecule has 0 saturated carbocycles. The second kappa shape index (κ2) is 8.00. The predicted octanol–water partition coefficient (Wildman–Crippen LogP) is 8.44. The van der Waals surface area contributed by atoms with Crippen molar-refractivity contribution in [2.75, 3.05) is 0 Å². The maximum Gasteiger partial charge on any atom is 0.145 e. The Morgan fingerprint density at radius 2 is 1.18 bits per heavy atom. The first kappa shape index (κ1) is 20.4. The molecule has 0 aliphatic carbocycles. The van der Waals surface area contributed by atoms with Crippen LogP contribution in [0.3, 0.4) is 0 Å². The summed E-state index contributed by atoms with van der Waals surface area (Å²) in [5.41, 5.74) is 10.7. The van der Waals surface area contributed by atoms with E-state index in [9.17, 15) is 0 Å². The highest BCUT2D eigenvalue weighted by Gasteiger charge is 2.19. The third-order valence-corrected chi connectivity index (χ3v) is 6.61. The molecule has 6 rings (SSSR count). The van der Waals surface area contributed by atoms with E-state index in [2.05, 4.69) is 128 Å². The van der Waals surface area contributed by atoms with Crippen molar-refractivity contribution in [3.8, 4) is 28.2 Å². The lowest BCUT2D eigenvalue weighted by Gasteiger charge is -2.17. The number of hydrogen-bond donors (Lipinski definition) is 0. The van der Waals surface area contributed by atoms with Crippen molar-refractivity contribution in [2.24, 2.45) is 0 Å². The van der Waals surface area contributed by atoms with E-state index in [-0.39, 0.29) is 0 Å². The lowest BCUT2D eigenvalue weighted by Crippen LogP contribution is -2.03. The van der Waals surface area contributed by atoms with E-state index in [1.165, 1.54) is 44.3 Å². The molecule has 1 heterocycles. The van der Waals surface area contributed by atoms with Crippen molar-refractivity contribution in [1.29, 1.82) is 0 Å². The zero-order valence-corrected chi connectivity index (χ0v) is 19.7. The molecule has 5 aromatic carbocycles. The topological polar surface area (TPSA) is 17.8 Å². The van der Waals surface area contributed by atoms with Crippen LogP contribution in [0.2, 0.25) is 0 Å². The summed E-state index contributed by atoms with van der Waals surface area (Å²) < 4.78 is 2.36. The molecule has 0 spiro atoms. The standard InChI is InChI=1S/C32H26N2/c1-21-16-22(2)31(23(3)17-21)34-30-20-27-13-8-7-12-26(27)19-29(30)33-32(34)28-15-9-14-25(18-28)24-10-5-4-6-11-24/h4-20H,1-3H3. The molecule has 164 valence electrons. The van der Waals surface area contributed by atoms with Gasteiger partial charge in [-0.15, -0.1) is 0 Å². The summed E-state index contributed by atoms with van der Waals surface area (Å²) in [5, 5.41) is 2.43. The maximum atomic E-state index is 5.21. The monoisotopic (exact) mass is 438 g/mol. The SMILES string of the molecule is Cc1cc(C)c(-n2c(-c3cccc(-c4ccccc4)c3)nc3cc4ccccc4cc32)c(C)c1. The van der Waals surface area contributed by atoms with Gasteiger partial charge in [0.1, 0.15) is 5.82 Å². The Labute approximate surface area is 200 Å².